The fourth-order valence-electron chi connectivity index (χ4n) is 1.33. The highest BCUT2D eigenvalue weighted by molar-refractivity contribution is 9.10. The van der Waals surface area contributed by atoms with Crippen LogP contribution in [0.1, 0.15) is 16.1 Å². The molecule has 0 N–H and O–H groups in total. The molecule has 6 heteroatoms. The molecule has 0 radical (unpaired) electrons. The highest BCUT2D eigenvalue weighted by Gasteiger charge is 2.09. The minimum atomic E-state index is -0.108. The average Bonchev–Trinajstić information content (AvgIpc) is 2.75. The van der Waals surface area contributed by atoms with Gasteiger partial charge in [-0.15, -0.1) is 0 Å². The molecule has 2 aromatic rings. The van der Waals surface area contributed by atoms with Crippen molar-refractivity contribution in [2.45, 2.75) is 20.4 Å². The molecule has 0 saturated carbocycles. The maximum Gasteiger partial charge on any atom is 0.268 e. The van der Waals surface area contributed by atoms with Gasteiger partial charge in [0.05, 0.1) is 16.4 Å². The Kier molecular flexibility index (Phi) is 2.91. The largest absolute Gasteiger partial charge is 0.270 e. The van der Waals surface area contributed by atoms with Crippen LogP contribution in [0.5, 0.6) is 0 Å². The number of carbonyl (C=O) groups excluding carboxylic acids is 1. The van der Waals surface area contributed by atoms with Gasteiger partial charge in [0, 0.05) is 12.4 Å². The van der Waals surface area contributed by atoms with Crippen molar-refractivity contribution in [1.29, 1.82) is 0 Å². The van der Waals surface area contributed by atoms with Crippen LogP contribution in [-0.2, 0) is 6.54 Å². The number of aromatic nitrogens is 4. The zero-order valence-electron chi connectivity index (χ0n) is 9.01. The first-order valence-electron chi connectivity index (χ1n) is 4.80. The third kappa shape index (κ3) is 2.21. The topological polar surface area (TPSA) is 52.7 Å². The lowest BCUT2D eigenvalue weighted by molar-refractivity contribution is 0.0870. The van der Waals surface area contributed by atoms with Crippen LogP contribution < -0.4 is 0 Å². The van der Waals surface area contributed by atoms with Crippen molar-refractivity contribution in [3.63, 3.8) is 0 Å². The second-order valence-electron chi connectivity index (χ2n) is 3.62. The third-order valence-corrected chi connectivity index (χ3v) is 2.93. The molecule has 0 aliphatic heterocycles. The number of hydrogen-bond donors (Lipinski definition) is 0. The molecule has 0 spiro atoms. The zero-order valence-corrected chi connectivity index (χ0v) is 10.6. The van der Waals surface area contributed by atoms with E-state index < -0.39 is 0 Å². The quantitative estimate of drug-likeness (QED) is 0.844. The Balaban J connectivity index is 2.13. The summed E-state index contributed by atoms with van der Waals surface area (Å²) < 4.78 is 3.83. The smallest absolute Gasteiger partial charge is 0.268 e. The van der Waals surface area contributed by atoms with Crippen molar-refractivity contribution in [2.24, 2.45) is 0 Å². The third-order valence-electron chi connectivity index (χ3n) is 2.15. The minimum Gasteiger partial charge on any atom is -0.270 e. The number of aryl methyl sites for hydroxylation is 2. The first kappa shape index (κ1) is 11.1. The zero-order chi connectivity index (χ0) is 11.7. The van der Waals surface area contributed by atoms with Crippen molar-refractivity contribution in [1.82, 2.24) is 19.6 Å². The molecule has 84 valence electrons. The van der Waals surface area contributed by atoms with E-state index in [0.717, 1.165) is 15.7 Å². The molecule has 0 amide bonds. The van der Waals surface area contributed by atoms with Gasteiger partial charge >= 0.3 is 0 Å². The van der Waals surface area contributed by atoms with Gasteiger partial charge in [0.2, 0.25) is 0 Å². The maximum atomic E-state index is 11.8. The van der Waals surface area contributed by atoms with Crippen molar-refractivity contribution in [3.8, 4) is 0 Å². The molecule has 2 rings (SSSR count). The number of hydrogen-bond acceptors (Lipinski definition) is 3. The van der Waals surface area contributed by atoms with Crippen LogP contribution in [0.4, 0.5) is 0 Å². The molecule has 2 aromatic heterocycles. The second-order valence-corrected chi connectivity index (χ2v) is 4.47. The molecular formula is C10H11BrN4O. The lowest BCUT2D eigenvalue weighted by atomic mass is 10.4. The van der Waals surface area contributed by atoms with Crippen LogP contribution >= 0.6 is 15.9 Å². The van der Waals surface area contributed by atoms with E-state index in [9.17, 15) is 4.79 Å². The predicted octanol–water partition coefficient (Wildman–Crippen LogP) is 1.80. The molecule has 0 atom stereocenters. The first-order chi connectivity index (χ1) is 7.56. The lowest BCUT2D eigenvalue weighted by Gasteiger charge is -2.00. The summed E-state index contributed by atoms with van der Waals surface area (Å²) in [5.74, 6) is -0.108. The number of carbonyl (C=O) groups is 1. The molecule has 0 aliphatic rings. The Morgan fingerprint density at radius 2 is 2.19 bits per heavy atom. The molecule has 16 heavy (non-hydrogen) atoms. The van der Waals surface area contributed by atoms with Crippen LogP contribution in [0.3, 0.4) is 0 Å². The monoisotopic (exact) mass is 282 g/mol. The van der Waals surface area contributed by atoms with Gasteiger partial charge in [-0.25, -0.2) is 4.68 Å². The van der Waals surface area contributed by atoms with Crippen LogP contribution in [0.15, 0.2) is 23.1 Å². The molecule has 0 fully saturated rings. The van der Waals surface area contributed by atoms with Crippen molar-refractivity contribution in [3.05, 3.63) is 34.3 Å². The van der Waals surface area contributed by atoms with E-state index in [4.69, 9.17) is 0 Å². The van der Waals surface area contributed by atoms with E-state index in [0.29, 0.717) is 0 Å². The Labute approximate surface area is 101 Å². The van der Waals surface area contributed by atoms with E-state index in [1.54, 1.807) is 23.3 Å². The van der Waals surface area contributed by atoms with Gasteiger partial charge in [-0.3, -0.25) is 9.48 Å². The molecule has 0 saturated heterocycles. The van der Waals surface area contributed by atoms with E-state index >= 15 is 0 Å². The summed E-state index contributed by atoms with van der Waals surface area (Å²) in [5, 5.41) is 8.15. The molecular weight excluding hydrogens is 272 g/mol. The van der Waals surface area contributed by atoms with Crippen LogP contribution in [0, 0.1) is 13.8 Å². The molecule has 0 aromatic carbocycles. The highest BCUT2D eigenvalue weighted by atomic mass is 79.9. The fourth-order valence-corrected chi connectivity index (χ4v) is 1.65. The maximum absolute atomic E-state index is 11.8. The standard InChI is InChI=1S/C10H11BrN4O/c1-7-3-12-15(4-7)10(16)6-14-5-9(11)8(2)13-14/h3-5H,6H2,1-2H3. The summed E-state index contributed by atoms with van der Waals surface area (Å²) in [5.41, 5.74) is 1.83. The van der Waals surface area contributed by atoms with Gasteiger partial charge in [-0.05, 0) is 35.3 Å². The van der Waals surface area contributed by atoms with E-state index in [2.05, 4.69) is 26.1 Å². The van der Waals surface area contributed by atoms with Gasteiger partial charge in [0.15, 0.2) is 0 Å². The first-order valence-corrected chi connectivity index (χ1v) is 5.59. The lowest BCUT2D eigenvalue weighted by Crippen LogP contribution is -2.18. The highest BCUT2D eigenvalue weighted by Crippen LogP contribution is 2.13. The van der Waals surface area contributed by atoms with Crippen molar-refractivity contribution < 1.29 is 4.79 Å². The Bertz CT molecular complexity index is 509. The summed E-state index contributed by atoms with van der Waals surface area (Å²) in [7, 11) is 0. The van der Waals surface area contributed by atoms with Gasteiger partial charge in [-0.1, -0.05) is 0 Å². The van der Waals surface area contributed by atoms with Gasteiger partial charge in [0.1, 0.15) is 6.54 Å². The fraction of sp³-hybridized carbons (Fsp3) is 0.300. The van der Waals surface area contributed by atoms with Crippen LogP contribution in [-0.4, -0.2) is 25.5 Å². The molecule has 5 nitrogen and oxygen atoms in total. The summed E-state index contributed by atoms with van der Waals surface area (Å²) in [4.78, 5) is 11.8. The number of rotatable bonds is 2. The molecule has 0 bridgehead atoms. The average molecular weight is 283 g/mol. The predicted molar refractivity (Wildman–Crippen MR) is 62.3 cm³/mol. The van der Waals surface area contributed by atoms with E-state index in [1.807, 2.05) is 13.8 Å². The van der Waals surface area contributed by atoms with Gasteiger partial charge in [-0.2, -0.15) is 10.2 Å². The molecule has 2 heterocycles. The summed E-state index contributed by atoms with van der Waals surface area (Å²) in [6.45, 7) is 3.96. The van der Waals surface area contributed by atoms with E-state index in [-0.39, 0.29) is 12.5 Å². The van der Waals surface area contributed by atoms with Crippen molar-refractivity contribution >= 4 is 21.8 Å². The van der Waals surface area contributed by atoms with Crippen LogP contribution in [0.2, 0.25) is 0 Å². The Morgan fingerprint density at radius 1 is 1.44 bits per heavy atom. The van der Waals surface area contributed by atoms with Gasteiger partial charge < -0.3 is 0 Å². The Morgan fingerprint density at radius 3 is 2.69 bits per heavy atom. The van der Waals surface area contributed by atoms with Gasteiger partial charge in [0.25, 0.3) is 5.91 Å². The molecule has 0 unspecified atom stereocenters. The number of nitrogens with zero attached hydrogens (tertiary/aromatic N) is 4. The van der Waals surface area contributed by atoms with E-state index in [1.165, 1.54) is 4.68 Å². The van der Waals surface area contributed by atoms with Crippen LogP contribution in [0.25, 0.3) is 0 Å². The summed E-state index contributed by atoms with van der Waals surface area (Å²) in [6.07, 6.45) is 5.14. The number of halogens is 1. The minimum absolute atomic E-state index is 0.108. The van der Waals surface area contributed by atoms with Crippen molar-refractivity contribution in [2.75, 3.05) is 0 Å². The second kappa shape index (κ2) is 4.21. The Hall–Kier alpha value is -1.43. The summed E-state index contributed by atoms with van der Waals surface area (Å²) >= 11 is 3.35. The normalized spacial score (nSPS) is 10.7. The summed E-state index contributed by atoms with van der Waals surface area (Å²) in [6, 6.07) is 0. The molecule has 0 aliphatic carbocycles. The SMILES string of the molecule is Cc1cnn(C(=O)Cn2cc(Br)c(C)n2)c1.